The molecule has 5 rings (SSSR count). The molecule has 1 fully saturated rings. The second-order valence-corrected chi connectivity index (χ2v) is 12.2. The minimum absolute atomic E-state index is 0.00735. The average molecular weight is 559 g/mol. The molecule has 0 bridgehead atoms. The van der Waals surface area contributed by atoms with Crippen molar-refractivity contribution in [2.45, 2.75) is 43.9 Å². The Labute approximate surface area is 223 Å². The molecule has 2 atom stereocenters. The van der Waals surface area contributed by atoms with Crippen molar-refractivity contribution in [3.63, 3.8) is 0 Å². The van der Waals surface area contributed by atoms with Crippen LogP contribution in [0.4, 0.5) is 8.78 Å². The summed E-state index contributed by atoms with van der Waals surface area (Å²) in [6.45, 7) is 5.25. The molecule has 4 aromatic rings. The van der Waals surface area contributed by atoms with E-state index in [4.69, 9.17) is 11.6 Å². The van der Waals surface area contributed by atoms with E-state index in [1.807, 2.05) is 20.2 Å². The molecular weight excluding hydrogens is 534 g/mol. The van der Waals surface area contributed by atoms with Crippen LogP contribution in [0.2, 0.25) is 5.02 Å². The van der Waals surface area contributed by atoms with Crippen molar-refractivity contribution in [1.82, 2.24) is 19.3 Å². The van der Waals surface area contributed by atoms with Crippen LogP contribution in [0, 0.1) is 32.4 Å². The van der Waals surface area contributed by atoms with Crippen molar-refractivity contribution >= 4 is 21.4 Å². The van der Waals surface area contributed by atoms with Gasteiger partial charge in [0.05, 0.1) is 11.9 Å². The molecule has 1 aliphatic rings. The molecule has 0 N–H and O–H groups in total. The smallest absolute Gasteiger partial charge is 0.274 e. The van der Waals surface area contributed by atoms with Crippen molar-refractivity contribution < 1.29 is 17.2 Å². The predicted octanol–water partition coefficient (Wildman–Crippen LogP) is 5.16. The number of hydrogen-bond donors (Lipinski definition) is 0. The Balaban J connectivity index is 1.63. The fraction of sp³-hybridized carbons (Fsp3) is 0.296. The number of benzene rings is 1. The van der Waals surface area contributed by atoms with E-state index in [-0.39, 0.29) is 28.1 Å². The molecule has 0 saturated heterocycles. The molecule has 1 aliphatic carbocycles. The van der Waals surface area contributed by atoms with Gasteiger partial charge in [0.2, 0.25) is 0 Å². The van der Waals surface area contributed by atoms with Gasteiger partial charge in [-0.2, -0.15) is 5.10 Å². The van der Waals surface area contributed by atoms with Crippen molar-refractivity contribution in [1.29, 1.82) is 0 Å². The number of pyridine rings is 2. The largest absolute Gasteiger partial charge is 0.277 e. The second-order valence-electron chi connectivity index (χ2n) is 9.80. The lowest BCUT2D eigenvalue weighted by molar-refractivity contribution is 0.569. The lowest BCUT2D eigenvalue weighted by Crippen LogP contribution is -2.24. The third-order valence-electron chi connectivity index (χ3n) is 7.24. The Kier molecular flexibility index (Phi) is 6.30. The number of halogens is 3. The lowest BCUT2D eigenvalue weighted by atomic mass is 10.0. The first-order valence-corrected chi connectivity index (χ1v) is 14.1. The van der Waals surface area contributed by atoms with E-state index in [1.165, 1.54) is 18.3 Å². The van der Waals surface area contributed by atoms with E-state index >= 15 is 8.78 Å². The van der Waals surface area contributed by atoms with Crippen LogP contribution in [0.25, 0.3) is 16.9 Å². The Hall–Kier alpha value is -3.37. The Morgan fingerprint density at radius 1 is 1.05 bits per heavy atom. The van der Waals surface area contributed by atoms with Gasteiger partial charge < -0.3 is 0 Å². The van der Waals surface area contributed by atoms with Gasteiger partial charge in [0.1, 0.15) is 15.6 Å². The van der Waals surface area contributed by atoms with Crippen LogP contribution in [0.15, 0.2) is 46.3 Å². The van der Waals surface area contributed by atoms with Gasteiger partial charge >= 0.3 is 0 Å². The molecule has 3 heterocycles. The fourth-order valence-electron chi connectivity index (χ4n) is 5.05. The van der Waals surface area contributed by atoms with Gasteiger partial charge in [-0.3, -0.25) is 19.0 Å². The highest BCUT2D eigenvalue weighted by molar-refractivity contribution is 7.90. The van der Waals surface area contributed by atoms with Gasteiger partial charge in [-0.1, -0.05) is 17.7 Å². The van der Waals surface area contributed by atoms with Crippen LogP contribution in [0.3, 0.4) is 0 Å². The van der Waals surface area contributed by atoms with Crippen molar-refractivity contribution in [2.24, 2.45) is 7.05 Å². The molecule has 1 unspecified atom stereocenters. The van der Waals surface area contributed by atoms with Gasteiger partial charge in [0, 0.05) is 36.5 Å². The van der Waals surface area contributed by atoms with Crippen molar-refractivity contribution in [3.8, 4) is 16.9 Å². The SMILES string of the molecule is Cc1cnc(-c2cccc(S(C)(=O)=O)c2F)c(F)c1-n1c(C)cc([C@@H]2CC2c2cnn(C)c2C)c(Cl)c1=O. The number of sulfone groups is 1. The molecule has 11 heteroatoms. The Bertz CT molecular complexity index is 1800. The molecule has 1 saturated carbocycles. The van der Waals surface area contributed by atoms with E-state index in [0.29, 0.717) is 16.8 Å². The highest BCUT2D eigenvalue weighted by Gasteiger charge is 2.43. The summed E-state index contributed by atoms with van der Waals surface area (Å²) in [5.41, 5.74) is 2.18. The zero-order valence-corrected chi connectivity index (χ0v) is 23.0. The molecule has 0 aliphatic heterocycles. The topological polar surface area (TPSA) is 86.8 Å². The molecule has 3 aromatic heterocycles. The third-order valence-corrected chi connectivity index (χ3v) is 8.74. The van der Waals surface area contributed by atoms with E-state index in [1.54, 1.807) is 24.6 Å². The zero-order chi connectivity index (χ0) is 27.7. The second kappa shape index (κ2) is 9.13. The van der Waals surface area contributed by atoms with Crippen molar-refractivity contribution in [3.05, 3.63) is 91.7 Å². The number of rotatable bonds is 5. The molecular formula is C27H25ClF2N4O3S. The van der Waals surface area contributed by atoms with Crippen LogP contribution in [-0.2, 0) is 16.9 Å². The summed E-state index contributed by atoms with van der Waals surface area (Å²) in [6.07, 6.45) is 4.83. The molecule has 198 valence electrons. The quantitative estimate of drug-likeness (QED) is 0.337. The first-order chi connectivity index (χ1) is 17.8. The maximum Gasteiger partial charge on any atom is 0.274 e. The number of aryl methyl sites for hydroxylation is 3. The average Bonchev–Trinajstić information content (AvgIpc) is 3.56. The first kappa shape index (κ1) is 26.2. The van der Waals surface area contributed by atoms with Crippen LogP contribution < -0.4 is 5.56 Å². The van der Waals surface area contributed by atoms with Crippen LogP contribution >= 0.6 is 11.6 Å². The molecule has 7 nitrogen and oxygen atoms in total. The van der Waals surface area contributed by atoms with E-state index < -0.39 is 37.6 Å². The summed E-state index contributed by atoms with van der Waals surface area (Å²) < 4.78 is 58.1. The zero-order valence-electron chi connectivity index (χ0n) is 21.4. The predicted molar refractivity (Wildman–Crippen MR) is 141 cm³/mol. The monoisotopic (exact) mass is 558 g/mol. The number of aromatic nitrogens is 4. The van der Waals surface area contributed by atoms with Gasteiger partial charge in [0.25, 0.3) is 5.56 Å². The summed E-state index contributed by atoms with van der Waals surface area (Å²) in [5, 5.41) is 4.30. The van der Waals surface area contributed by atoms with E-state index in [9.17, 15) is 13.2 Å². The number of nitrogens with zero attached hydrogens (tertiary/aromatic N) is 4. The third kappa shape index (κ3) is 4.16. The Morgan fingerprint density at radius 3 is 2.37 bits per heavy atom. The van der Waals surface area contributed by atoms with Crippen LogP contribution in [0.1, 0.15) is 46.3 Å². The van der Waals surface area contributed by atoms with Crippen LogP contribution in [0.5, 0.6) is 0 Å². The number of hydrogen-bond acceptors (Lipinski definition) is 5. The molecule has 1 aromatic carbocycles. The maximum atomic E-state index is 16.0. The first-order valence-electron chi connectivity index (χ1n) is 11.9. The fourth-order valence-corrected chi connectivity index (χ4v) is 6.09. The van der Waals surface area contributed by atoms with Crippen LogP contribution in [-0.4, -0.2) is 34.0 Å². The summed E-state index contributed by atoms with van der Waals surface area (Å²) in [4.78, 5) is 17.0. The lowest BCUT2D eigenvalue weighted by Gasteiger charge is -2.18. The minimum atomic E-state index is -3.90. The molecule has 0 radical (unpaired) electrons. The summed E-state index contributed by atoms with van der Waals surface area (Å²) in [5.74, 6) is -1.84. The van der Waals surface area contributed by atoms with Gasteiger partial charge in [-0.25, -0.2) is 17.2 Å². The molecule has 38 heavy (non-hydrogen) atoms. The Morgan fingerprint density at radius 2 is 1.74 bits per heavy atom. The maximum absolute atomic E-state index is 16.0. The highest BCUT2D eigenvalue weighted by atomic mass is 35.5. The van der Waals surface area contributed by atoms with Crippen molar-refractivity contribution in [2.75, 3.05) is 6.26 Å². The molecule has 0 spiro atoms. The molecule has 0 amide bonds. The van der Waals surface area contributed by atoms with Gasteiger partial charge in [-0.05, 0) is 73.9 Å². The van der Waals surface area contributed by atoms with Gasteiger partial charge in [-0.15, -0.1) is 0 Å². The van der Waals surface area contributed by atoms with E-state index in [2.05, 4.69) is 10.1 Å². The summed E-state index contributed by atoms with van der Waals surface area (Å²) in [7, 11) is -2.03. The van der Waals surface area contributed by atoms with Gasteiger partial charge in [0.15, 0.2) is 21.5 Å². The minimum Gasteiger partial charge on any atom is -0.277 e. The van der Waals surface area contributed by atoms with E-state index in [0.717, 1.165) is 34.6 Å². The highest BCUT2D eigenvalue weighted by Crippen LogP contribution is 2.56. The summed E-state index contributed by atoms with van der Waals surface area (Å²) >= 11 is 6.59. The summed E-state index contributed by atoms with van der Waals surface area (Å²) in [6, 6.07) is 5.44. The normalized spacial score (nSPS) is 17.2. The standard InChI is InChI=1S/C27H25ClF2N4O3S/c1-13-11-31-25(16-7-6-8-21(23(16)29)38(5,36)37)24(30)26(13)34-14(2)9-19(22(28)27(34)35)17-10-18(17)20-12-32-33(4)15(20)3/h6-9,11-12,17-18H,10H2,1-5H3/t17-,18?/m1/s1.